The number of carbonyl (C=O) groups excluding carboxylic acids is 1. The number of esters is 1. The molecule has 0 unspecified atom stereocenters. The second kappa shape index (κ2) is 4.94. The predicted octanol–water partition coefficient (Wildman–Crippen LogP) is 1.35. The zero-order valence-electron chi connectivity index (χ0n) is 8.84. The Labute approximate surface area is 96.0 Å². The molecule has 0 aliphatic heterocycles. The average molecular weight is 236 g/mol. The molecule has 0 saturated carbocycles. The normalized spacial score (nSPS) is 9.41. The molecule has 17 heavy (non-hydrogen) atoms. The van der Waals surface area contributed by atoms with Crippen molar-refractivity contribution in [3.63, 3.8) is 0 Å². The van der Waals surface area contributed by atoms with Crippen LogP contribution in [0.5, 0.6) is 5.75 Å². The van der Waals surface area contributed by atoms with Gasteiger partial charge in [-0.25, -0.2) is 4.79 Å². The number of phenols is 1. The van der Waals surface area contributed by atoms with Crippen molar-refractivity contribution in [2.45, 2.75) is 6.92 Å². The lowest BCUT2D eigenvalue weighted by atomic mass is 10.1. The first kappa shape index (κ1) is 12.4. The van der Waals surface area contributed by atoms with Crippen molar-refractivity contribution in [1.82, 2.24) is 0 Å². The quantitative estimate of drug-likeness (QED) is 0.481. The minimum Gasteiger partial charge on any atom is -0.502 e. The van der Waals surface area contributed by atoms with E-state index in [0.29, 0.717) is 0 Å². The van der Waals surface area contributed by atoms with Crippen LogP contribution < -0.4 is 0 Å². The maximum Gasteiger partial charge on any atom is 0.345 e. The summed E-state index contributed by atoms with van der Waals surface area (Å²) in [5, 5.41) is 28.7. The topological polar surface area (TPSA) is 113 Å². The van der Waals surface area contributed by atoms with E-state index in [4.69, 9.17) is 5.26 Å². The maximum atomic E-state index is 11.4. The van der Waals surface area contributed by atoms with Crippen LogP contribution in [0.2, 0.25) is 0 Å². The number of nitro benzene ring substituents is 1. The van der Waals surface area contributed by atoms with Crippen molar-refractivity contribution in [2.75, 3.05) is 6.61 Å². The highest BCUT2D eigenvalue weighted by Gasteiger charge is 2.26. The third kappa shape index (κ3) is 2.49. The number of aromatic hydroxyl groups is 1. The summed E-state index contributed by atoms with van der Waals surface area (Å²) in [6.45, 7) is 1.57. The Balaban J connectivity index is 3.44. The maximum absolute atomic E-state index is 11.4. The lowest BCUT2D eigenvalue weighted by Crippen LogP contribution is -2.08. The fourth-order valence-electron chi connectivity index (χ4n) is 1.24. The molecule has 0 atom stereocenters. The highest BCUT2D eigenvalue weighted by Crippen LogP contribution is 2.31. The van der Waals surface area contributed by atoms with Crippen molar-refractivity contribution in [1.29, 1.82) is 5.26 Å². The molecular formula is C10H8N2O5. The van der Waals surface area contributed by atoms with E-state index < -0.39 is 27.9 Å². The van der Waals surface area contributed by atoms with E-state index in [1.54, 1.807) is 6.07 Å². The van der Waals surface area contributed by atoms with Crippen LogP contribution in [-0.2, 0) is 4.74 Å². The van der Waals surface area contributed by atoms with Crippen LogP contribution in [-0.4, -0.2) is 22.6 Å². The molecule has 1 N–H and O–H groups in total. The number of ether oxygens (including phenoxy) is 1. The van der Waals surface area contributed by atoms with Crippen molar-refractivity contribution < 1.29 is 19.6 Å². The molecule has 1 aromatic rings. The monoisotopic (exact) mass is 236 g/mol. The van der Waals surface area contributed by atoms with Gasteiger partial charge in [0.05, 0.1) is 23.2 Å². The summed E-state index contributed by atoms with van der Waals surface area (Å²) in [5.74, 6) is -1.69. The van der Waals surface area contributed by atoms with E-state index in [9.17, 15) is 20.0 Å². The minimum atomic E-state index is -0.952. The van der Waals surface area contributed by atoms with E-state index in [-0.39, 0.29) is 12.2 Å². The number of phenolic OH excluding ortho intramolecular Hbond substituents is 1. The number of rotatable bonds is 3. The van der Waals surface area contributed by atoms with Crippen LogP contribution in [0, 0.1) is 21.4 Å². The van der Waals surface area contributed by atoms with Gasteiger partial charge in [0.2, 0.25) is 0 Å². The van der Waals surface area contributed by atoms with Crippen molar-refractivity contribution in [3.8, 4) is 11.8 Å². The molecule has 0 heterocycles. The first-order valence-corrected chi connectivity index (χ1v) is 4.59. The first-order valence-electron chi connectivity index (χ1n) is 4.59. The molecule has 0 aliphatic carbocycles. The van der Waals surface area contributed by atoms with Gasteiger partial charge in [-0.2, -0.15) is 5.26 Å². The Morgan fingerprint density at radius 2 is 2.29 bits per heavy atom. The summed E-state index contributed by atoms with van der Waals surface area (Å²) in [6, 6.07) is 3.61. The predicted molar refractivity (Wildman–Crippen MR) is 55.4 cm³/mol. The summed E-state index contributed by atoms with van der Waals surface area (Å²) in [6.07, 6.45) is 0. The van der Waals surface area contributed by atoms with Gasteiger partial charge in [-0.3, -0.25) is 10.1 Å². The van der Waals surface area contributed by atoms with Crippen LogP contribution in [0.25, 0.3) is 0 Å². The Hall–Kier alpha value is -2.62. The van der Waals surface area contributed by atoms with Crippen LogP contribution in [0.1, 0.15) is 22.8 Å². The highest BCUT2D eigenvalue weighted by molar-refractivity contribution is 5.95. The van der Waals surface area contributed by atoms with E-state index in [1.165, 1.54) is 6.92 Å². The van der Waals surface area contributed by atoms with E-state index in [2.05, 4.69) is 4.74 Å². The highest BCUT2D eigenvalue weighted by atomic mass is 16.6. The minimum absolute atomic E-state index is 0.0352. The molecule has 0 saturated heterocycles. The zero-order valence-corrected chi connectivity index (χ0v) is 8.84. The fraction of sp³-hybridized carbons (Fsp3) is 0.200. The summed E-state index contributed by atoms with van der Waals surface area (Å²) >= 11 is 0. The van der Waals surface area contributed by atoms with E-state index >= 15 is 0 Å². The average Bonchev–Trinajstić information content (AvgIpc) is 2.27. The van der Waals surface area contributed by atoms with Gasteiger partial charge in [0.1, 0.15) is 5.56 Å². The third-order valence-corrected chi connectivity index (χ3v) is 1.90. The number of benzene rings is 1. The second-order valence-corrected chi connectivity index (χ2v) is 2.98. The molecule has 1 rings (SSSR count). The first-order chi connectivity index (χ1) is 8.01. The molecule has 0 aromatic heterocycles. The summed E-state index contributed by atoms with van der Waals surface area (Å²) in [4.78, 5) is 21.2. The van der Waals surface area contributed by atoms with Gasteiger partial charge in [-0.05, 0) is 13.0 Å². The fourth-order valence-corrected chi connectivity index (χ4v) is 1.24. The molecule has 0 radical (unpaired) electrons. The van der Waals surface area contributed by atoms with Gasteiger partial charge in [-0.1, -0.05) is 0 Å². The molecule has 0 amide bonds. The van der Waals surface area contributed by atoms with Gasteiger partial charge >= 0.3 is 11.7 Å². The lowest BCUT2D eigenvalue weighted by molar-refractivity contribution is -0.386. The molecule has 1 aromatic carbocycles. The molecule has 88 valence electrons. The van der Waals surface area contributed by atoms with Crippen molar-refractivity contribution in [3.05, 3.63) is 33.4 Å². The molecular weight excluding hydrogens is 228 g/mol. The standard InChI is InChI=1S/C10H8N2O5/c1-2-17-10(14)7-3-6(5-11)4-8(13)9(7)12(15)16/h3-4,13H,2H2,1H3. The number of nitrogens with zero attached hydrogens (tertiary/aromatic N) is 2. The summed E-state index contributed by atoms with van der Waals surface area (Å²) in [7, 11) is 0. The Morgan fingerprint density at radius 1 is 1.65 bits per heavy atom. The van der Waals surface area contributed by atoms with Crippen molar-refractivity contribution >= 4 is 11.7 Å². The molecule has 7 heteroatoms. The molecule has 0 fully saturated rings. The van der Waals surface area contributed by atoms with Gasteiger partial charge < -0.3 is 9.84 Å². The molecule has 7 nitrogen and oxygen atoms in total. The molecule has 0 spiro atoms. The van der Waals surface area contributed by atoms with Gasteiger partial charge in [0.25, 0.3) is 0 Å². The lowest BCUT2D eigenvalue weighted by Gasteiger charge is -2.04. The van der Waals surface area contributed by atoms with Crippen LogP contribution >= 0.6 is 0 Å². The SMILES string of the molecule is CCOC(=O)c1cc(C#N)cc(O)c1[N+](=O)[O-]. The largest absolute Gasteiger partial charge is 0.502 e. The van der Waals surface area contributed by atoms with Crippen molar-refractivity contribution in [2.24, 2.45) is 0 Å². The number of nitriles is 1. The molecule has 0 aliphatic rings. The zero-order chi connectivity index (χ0) is 13.0. The van der Waals surface area contributed by atoms with Crippen LogP contribution in [0.4, 0.5) is 5.69 Å². The Morgan fingerprint density at radius 3 is 2.76 bits per heavy atom. The van der Waals surface area contributed by atoms with Crippen LogP contribution in [0.3, 0.4) is 0 Å². The second-order valence-electron chi connectivity index (χ2n) is 2.98. The summed E-state index contributed by atoms with van der Waals surface area (Å²) < 4.78 is 4.61. The number of hydrogen-bond donors (Lipinski definition) is 1. The van der Waals surface area contributed by atoms with Gasteiger partial charge in [0, 0.05) is 6.07 Å². The van der Waals surface area contributed by atoms with Crippen LogP contribution in [0.15, 0.2) is 12.1 Å². The summed E-state index contributed by atoms with van der Waals surface area (Å²) in [5.41, 5.74) is -1.26. The number of hydrogen-bond acceptors (Lipinski definition) is 6. The van der Waals surface area contributed by atoms with E-state index in [0.717, 1.165) is 12.1 Å². The Kier molecular flexibility index (Phi) is 3.62. The van der Waals surface area contributed by atoms with Gasteiger partial charge in [0.15, 0.2) is 5.75 Å². The van der Waals surface area contributed by atoms with E-state index in [1.807, 2.05) is 0 Å². The molecule has 0 bridgehead atoms. The smallest absolute Gasteiger partial charge is 0.345 e. The third-order valence-electron chi connectivity index (χ3n) is 1.90. The Bertz CT molecular complexity index is 518. The number of carbonyl (C=O) groups is 1. The van der Waals surface area contributed by atoms with Gasteiger partial charge in [-0.15, -0.1) is 0 Å². The number of nitro groups is 1.